The number of ether oxygens (including phenoxy) is 2. The van der Waals surface area contributed by atoms with Gasteiger partial charge < -0.3 is 19.5 Å². The van der Waals surface area contributed by atoms with Crippen molar-refractivity contribution in [2.24, 2.45) is 0 Å². The summed E-state index contributed by atoms with van der Waals surface area (Å²) in [6.07, 6.45) is 2.07. The number of likely N-dealkylation sites (tertiary alicyclic amines) is 1. The molecule has 0 saturated carbocycles. The van der Waals surface area contributed by atoms with Gasteiger partial charge in [-0.05, 0) is 48.9 Å². The average molecular weight is 495 g/mol. The molecule has 160 valence electrons. The Morgan fingerprint density at radius 2 is 2.07 bits per heavy atom. The van der Waals surface area contributed by atoms with E-state index in [0.717, 1.165) is 47.6 Å². The van der Waals surface area contributed by atoms with Crippen molar-refractivity contribution < 1.29 is 19.4 Å². The Morgan fingerprint density at radius 1 is 1.30 bits per heavy atom. The molecule has 0 unspecified atom stereocenters. The summed E-state index contributed by atoms with van der Waals surface area (Å²) in [6.45, 7) is 3.89. The number of Topliss-reactive ketones (excluding diaryl/α,β-unsaturated/α-hetero) is 1. The maximum atomic E-state index is 11.8. The molecule has 0 amide bonds. The molecule has 2 aliphatic heterocycles. The number of halogens is 2. The highest BCUT2D eigenvalue weighted by atomic mass is 79.9. The van der Waals surface area contributed by atoms with Crippen LogP contribution >= 0.6 is 27.5 Å². The third-order valence-electron chi connectivity index (χ3n) is 5.85. The van der Waals surface area contributed by atoms with Gasteiger partial charge in [-0.15, -0.1) is 0 Å². The van der Waals surface area contributed by atoms with Crippen LogP contribution in [0.15, 0.2) is 40.9 Å². The average Bonchev–Trinajstić information content (AvgIpc) is 3.05. The van der Waals surface area contributed by atoms with E-state index in [4.69, 9.17) is 21.1 Å². The summed E-state index contributed by atoms with van der Waals surface area (Å²) in [6, 6.07) is 11.1. The monoisotopic (exact) mass is 493 g/mol. The highest BCUT2D eigenvalue weighted by molar-refractivity contribution is 9.10. The molecule has 0 aliphatic carbocycles. The van der Waals surface area contributed by atoms with Crippen molar-refractivity contribution in [2.45, 2.75) is 37.9 Å². The second-order valence-electron chi connectivity index (χ2n) is 8.18. The van der Waals surface area contributed by atoms with E-state index >= 15 is 0 Å². The van der Waals surface area contributed by atoms with E-state index in [9.17, 15) is 9.90 Å². The summed E-state index contributed by atoms with van der Waals surface area (Å²) in [5, 5.41) is 11.2. The van der Waals surface area contributed by atoms with Crippen LogP contribution in [0.5, 0.6) is 11.5 Å². The van der Waals surface area contributed by atoms with Crippen LogP contribution < -0.4 is 9.47 Å². The van der Waals surface area contributed by atoms with E-state index in [-0.39, 0.29) is 18.0 Å². The fraction of sp³-hybridized carbons (Fsp3) is 0.435. The topological polar surface area (TPSA) is 59.0 Å². The number of hydrogen-bond acceptors (Lipinski definition) is 5. The summed E-state index contributed by atoms with van der Waals surface area (Å²) in [7, 11) is 0. The van der Waals surface area contributed by atoms with E-state index in [1.807, 2.05) is 24.3 Å². The fourth-order valence-electron chi connectivity index (χ4n) is 4.26. The van der Waals surface area contributed by atoms with Crippen molar-refractivity contribution in [3.8, 4) is 11.5 Å². The molecule has 2 heterocycles. The first-order valence-corrected chi connectivity index (χ1v) is 11.3. The Kier molecular flexibility index (Phi) is 6.39. The van der Waals surface area contributed by atoms with Gasteiger partial charge in [-0.25, -0.2) is 0 Å². The molecular formula is C23H25BrClNO4. The van der Waals surface area contributed by atoms with Crippen molar-refractivity contribution in [3.63, 3.8) is 0 Å². The van der Waals surface area contributed by atoms with Gasteiger partial charge in [-0.3, -0.25) is 4.79 Å². The standard InChI is InChI=1S/C23H25BrClNO4/c1-15(27)20-11-17(24)2-4-22(20)29-14-19(28)13-26-8-6-23(7-9-26)12-16-10-18(25)3-5-21(16)30-23/h2-5,10-11,19,28H,6-9,12-14H2,1H3/t19-/m0/s1. The van der Waals surface area contributed by atoms with Crippen LogP contribution in [0.3, 0.4) is 0 Å². The van der Waals surface area contributed by atoms with Gasteiger partial charge in [-0.2, -0.15) is 0 Å². The summed E-state index contributed by atoms with van der Waals surface area (Å²) in [5.41, 5.74) is 1.54. The Morgan fingerprint density at radius 3 is 2.80 bits per heavy atom. The third-order valence-corrected chi connectivity index (χ3v) is 6.58. The van der Waals surface area contributed by atoms with Crippen molar-refractivity contribution in [3.05, 3.63) is 57.0 Å². The molecule has 0 aromatic heterocycles. The number of aliphatic hydroxyl groups excluding tert-OH is 1. The number of benzene rings is 2. The highest BCUT2D eigenvalue weighted by Gasteiger charge is 2.42. The molecule has 1 N–H and O–H groups in total. The molecule has 2 aliphatic rings. The first-order valence-electron chi connectivity index (χ1n) is 10.1. The van der Waals surface area contributed by atoms with Gasteiger partial charge in [0.15, 0.2) is 5.78 Å². The Balaban J connectivity index is 1.27. The summed E-state index contributed by atoms with van der Waals surface area (Å²) >= 11 is 9.48. The van der Waals surface area contributed by atoms with Gasteiger partial charge in [0.1, 0.15) is 29.8 Å². The SMILES string of the molecule is CC(=O)c1cc(Br)ccc1OC[C@@H](O)CN1CCC2(CC1)Cc1cc(Cl)ccc1O2. The van der Waals surface area contributed by atoms with Gasteiger partial charge in [0, 0.05) is 48.4 Å². The van der Waals surface area contributed by atoms with E-state index in [2.05, 4.69) is 20.8 Å². The number of β-amino-alcohol motifs (C(OH)–C–C–N with tert-alkyl or cyclic N) is 1. The Bertz CT molecular complexity index is 943. The molecule has 7 heteroatoms. The third kappa shape index (κ3) is 4.83. The largest absolute Gasteiger partial charge is 0.490 e. The van der Waals surface area contributed by atoms with E-state index in [0.29, 0.717) is 17.9 Å². The van der Waals surface area contributed by atoms with Crippen LogP contribution in [0.1, 0.15) is 35.7 Å². The molecule has 1 spiro atoms. The number of rotatable bonds is 6. The Labute approximate surface area is 190 Å². The first-order chi connectivity index (χ1) is 14.3. The normalized spacial score (nSPS) is 18.7. The second kappa shape index (κ2) is 8.87. The van der Waals surface area contributed by atoms with E-state index in [1.54, 1.807) is 12.1 Å². The molecule has 4 rings (SSSR count). The summed E-state index contributed by atoms with van der Waals surface area (Å²) in [5.74, 6) is 1.37. The molecule has 1 fully saturated rings. The fourth-order valence-corrected chi connectivity index (χ4v) is 4.82. The van der Waals surface area contributed by atoms with Gasteiger partial charge in [0.05, 0.1) is 5.56 Å². The number of piperidine rings is 1. The van der Waals surface area contributed by atoms with Crippen molar-refractivity contribution in [1.82, 2.24) is 4.90 Å². The number of carbonyl (C=O) groups is 1. The minimum absolute atomic E-state index is 0.0686. The second-order valence-corrected chi connectivity index (χ2v) is 9.53. The zero-order chi connectivity index (χ0) is 21.3. The summed E-state index contributed by atoms with van der Waals surface area (Å²) < 4.78 is 12.9. The zero-order valence-corrected chi connectivity index (χ0v) is 19.2. The van der Waals surface area contributed by atoms with Gasteiger partial charge in [-0.1, -0.05) is 27.5 Å². The van der Waals surface area contributed by atoms with Crippen LogP contribution in [0, 0.1) is 0 Å². The maximum Gasteiger partial charge on any atom is 0.163 e. The molecule has 1 saturated heterocycles. The molecule has 2 aromatic carbocycles. The molecule has 2 aromatic rings. The number of fused-ring (bicyclic) bond motifs is 1. The van der Waals surface area contributed by atoms with Crippen LogP contribution in [0.2, 0.25) is 5.02 Å². The smallest absolute Gasteiger partial charge is 0.163 e. The molecule has 0 bridgehead atoms. The highest BCUT2D eigenvalue weighted by Crippen LogP contribution is 2.41. The minimum Gasteiger partial charge on any atom is -0.490 e. The number of aliphatic hydroxyl groups is 1. The first kappa shape index (κ1) is 21.6. The summed E-state index contributed by atoms with van der Waals surface area (Å²) in [4.78, 5) is 14.1. The lowest BCUT2D eigenvalue weighted by atomic mass is 9.87. The van der Waals surface area contributed by atoms with E-state index < -0.39 is 6.10 Å². The van der Waals surface area contributed by atoms with Crippen LogP contribution in [-0.2, 0) is 6.42 Å². The van der Waals surface area contributed by atoms with Crippen molar-refractivity contribution >= 4 is 33.3 Å². The predicted molar refractivity (Wildman–Crippen MR) is 120 cm³/mol. The van der Waals surface area contributed by atoms with Crippen molar-refractivity contribution in [2.75, 3.05) is 26.2 Å². The predicted octanol–water partition coefficient (Wildman–Crippen LogP) is 4.51. The number of carbonyl (C=O) groups excluding carboxylic acids is 1. The number of ketones is 1. The molecule has 30 heavy (non-hydrogen) atoms. The Hall–Kier alpha value is -1.60. The van der Waals surface area contributed by atoms with E-state index in [1.165, 1.54) is 12.5 Å². The number of hydrogen-bond donors (Lipinski definition) is 1. The molecule has 5 nitrogen and oxygen atoms in total. The van der Waals surface area contributed by atoms with Gasteiger partial charge >= 0.3 is 0 Å². The lowest BCUT2D eigenvalue weighted by molar-refractivity contribution is -0.00199. The minimum atomic E-state index is -0.636. The number of nitrogens with zero attached hydrogens (tertiary/aromatic N) is 1. The van der Waals surface area contributed by atoms with Crippen LogP contribution in [0.25, 0.3) is 0 Å². The lowest BCUT2D eigenvalue weighted by Crippen LogP contribution is -2.49. The lowest BCUT2D eigenvalue weighted by Gasteiger charge is -2.39. The maximum absolute atomic E-state index is 11.8. The quantitative estimate of drug-likeness (QED) is 0.599. The van der Waals surface area contributed by atoms with Gasteiger partial charge in [0.2, 0.25) is 0 Å². The van der Waals surface area contributed by atoms with Crippen LogP contribution in [0.4, 0.5) is 0 Å². The molecule has 1 atom stereocenters. The van der Waals surface area contributed by atoms with Crippen molar-refractivity contribution in [1.29, 1.82) is 0 Å². The zero-order valence-electron chi connectivity index (χ0n) is 16.9. The molecule has 0 radical (unpaired) electrons. The van der Waals surface area contributed by atoms with Crippen LogP contribution in [-0.4, -0.2) is 53.7 Å². The molecular weight excluding hydrogens is 470 g/mol. The van der Waals surface area contributed by atoms with Gasteiger partial charge in [0.25, 0.3) is 0 Å².